The Balaban J connectivity index is 0.000000172. The van der Waals surface area contributed by atoms with Crippen LogP contribution >= 0.6 is 0 Å². The van der Waals surface area contributed by atoms with Gasteiger partial charge in [-0.3, -0.25) is 0 Å². The minimum absolute atomic E-state index is 0.00749. The van der Waals surface area contributed by atoms with Crippen LogP contribution in [0.3, 0.4) is 0 Å². The maximum Gasteiger partial charge on any atom is 0.189 e. The van der Waals surface area contributed by atoms with E-state index >= 15 is 0 Å². The van der Waals surface area contributed by atoms with Crippen LogP contribution in [0.15, 0.2) is 161 Å². The highest BCUT2D eigenvalue weighted by molar-refractivity contribution is 7.92. The molecule has 8 rings (SSSR count). The molecule has 0 saturated heterocycles. The Morgan fingerprint density at radius 3 is 1.50 bits per heavy atom. The lowest BCUT2D eigenvalue weighted by atomic mass is 9.97. The van der Waals surface area contributed by atoms with Gasteiger partial charge in [0.25, 0.3) is 0 Å². The van der Waals surface area contributed by atoms with E-state index in [4.69, 9.17) is 5.11 Å². The van der Waals surface area contributed by atoms with Crippen molar-refractivity contribution >= 4 is 19.7 Å². The third kappa shape index (κ3) is 9.24. The summed E-state index contributed by atoms with van der Waals surface area (Å²) < 4.78 is 51.7. The van der Waals surface area contributed by atoms with E-state index in [1.807, 2.05) is 103 Å². The molecule has 5 aromatic rings. The predicted octanol–water partition coefficient (Wildman–Crippen LogP) is 10.6. The van der Waals surface area contributed by atoms with Crippen LogP contribution in [0.5, 0.6) is 0 Å². The molecule has 5 aromatic carbocycles. The summed E-state index contributed by atoms with van der Waals surface area (Å²) in [6.07, 6.45) is 12.5. The molecule has 0 aliphatic heterocycles. The van der Waals surface area contributed by atoms with Gasteiger partial charge >= 0.3 is 0 Å². The Morgan fingerprint density at radius 2 is 0.981 bits per heavy atom. The van der Waals surface area contributed by atoms with Crippen LogP contribution in [0, 0.1) is 17.8 Å². The summed E-state index contributed by atoms with van der Waals surface area (Å²) in [7, 11) is -6.78. The van der Waals surface area contributed by atoms with Gasteiger partial charge in [0.05, 0.1) is 15.5 Å². The van der Waals surface area contributed by atoms with E-state index in [0.717, 1.165) is 35.4 Å². The summed E-state index contributed by atoms with van der Waals surface area (Å²) in [6.45, 7) is 0.394. The molecule has 0 heterocycles. The monoisotopic (exact) mass is 762 g/mol. The first kappa shape index (κ1) is 39.6. The third-order valence-corrected chi connectivity index (χ3v) is 15.8. The summed E-state index contributed by atoms with van der Waals surface area (Å²) >= 11 is 0. The van der Waals surface area contributed by atoms with Gasteiger partial charge in [-0.15, -0.1) is 0 Å². The van der Waals surface area contributed by atoms with Crippen LogP contribution in [0.25, 0.3) is 0 Å². The molecule has 3 saturated carbocycles. The van der Waals surface area contributed by atoms with Crippen LogP contribution in [-0.4, -0.2) is 28.5 Å². The molecule has 284 valence electrons. The van der Waals surface area contributed by atoms with Crippen molar-refractivity contribution in [2.75, 3.05) is 6.61 Å². The Bertz CT molecular complexity index is 2060. The second kappa shape index (κ2) is 18.5. The Hall–Kier alpha value is -4.04. The summed E-state index contributed by atoms with van der Waals surface area (Å²) in [4.78, 5) is 0.808. The molecule has 54 heavy (non-hydrogen) atoms. The molecule has 7 heteroatoms. The van der Waals surface area contributed by atoms with E-state index in [1.54, 1.807) is 36.4 Å². The van der Waals surface area contributed by atoms with Crippen molar-refractivity contribution in [1.29, 1.82) is 0 Å². The summed E-state index contributed by atoms with van der Waals surface area (Å²) in [5.74, 6) is 1.65. The van der Waals surface area contributed by atoms with Gasteiger partial charge in [0.15, 0.2) is 19.7 Å². The number of rotatable bonds is 11. The average Bonchev–Trinajstić information content (AvgIpc) is 3.53. The standard InChI is InChI=1S/C27H28O2S.C13H12O2S.C7H14O/c28-30(29,24-18-8-3-9-19-24)27(23-16-6-2-7-17-23)25(20-21-12-10-11-13-21)26(27)22-14-4-1-5-15-22;14-16(15,13-9-5-2-6-10-13)11-12-7-3-1-4-8-12;8-6-5-7-3-1-2-4-7/h1-9,14-19,21,25-26H,10-13,20H2;1-10H,11H2;7-8H,1-6H2/t25-,26-,27-;;/m0../s1. The summed E-state index contributed by atoms with van der Waals surface area (Å²) in [5, 5.41) is 8.53. The maximum atomic E-state index is 14.3. The number of hydrogen-bond donors (Lipinski definition) is 1. The second-order valence-corrected chi connectivity index (χ2v) is 19.2. The number of aliphatic hydroxyl groups is 1. The van der Waals surface area contributed by atoms with E-state index in [-0.39, 0.29) is 17.6 Å². The quantitative estimate of drug-likeness (QED) is 0.145. The number of hydrogen-bond acceptors (Lipinski definition) is 5. The fourth-order valence-electron chi connectivity index (χ4n) is 8.89. The second-order valence-electron chi connectivity index (χ2n) is 15.1. The highest BCUT2D eigenvalue weighted by Crippen LogP contribution is 2.72. The number of benzene rings is 5. The van der Waals surface area contributed by atoms with Gasteiger partial charge in [0.1, 0.15) is 4.75 Å². The van der Waals surface area contributed by atoms with Crippen LogP contribution < -0.4 is 0 Å². The highest BCUT2D eigenvalue weighted by Gasteiger charge is 2.73. The molecule has 3 atom stereocenters. The maximum absolute atomic E-state index is 14.3. The van der Waals surface area contributed by atoms with Crippen molar-refractivity contribution in [3.8, 4) is 0 Å². The van der Waals surface area contributed by atoms with Gasteiger partial charge < -0.3 is 5.11 Å². The minimum Gasteiger partial charge on any atom is -0.396 e. The first-order valence-corrected chi connectivity index (χ1v) is 22.7. The van der Waals surface area contributed by atoms with Gasteiger partial charge in [-0.2, -0.15) is 0 Å². The van der Waals surface area contributed by atoms with Gasteiger partial charge in [0, 0.05) is 12.5 Å². The molecule has 3 aliphatic rings. The SMILES string of the molecule is O=S(=O)(Cc1ccccc1)c1ccccc1.O=S(=O)(c1ccccc1)[C@@]1(c2ccccc2)[C@@H](CC2CCCC2)[C@@H]1c1ccccc1.OCCC1CCCC1. The third-order valence-electron chi connectivity index (χ3n) is 11.6. The Morgan fingerprint density at radius 1 is 0.537 bits per heavy atom. The molecule has 0 unspecified atom stereocenters. The topological polar surface area (TPSA) is 88.5 Å². The first-order valence-electron chi connectivity index (χ1n) is 19.6. The van der Waals surface area contributed by atoms with E-state index in [9.17, 15) is 16.8 Å². The Kier molecular flexibility index (Phi) is 13.6. The molecular weight excluding hydrogens is 709 g/mol. The zero-order chi connectivity index (χ0) is 37.9. The molecule has 0 amide bonds. The number of aliphatic hydroxyl groups excluding tert-OH is 1. The summed E-state index contributed by atoms with van der Waals surface area (Å²) in [5.41, 5.74) is 2.89. The molecular formula is C47H54O5S2. The molecule has 0 aromatic heterocycles. The lowest BCUT2D eigenvalue weighted by Gasteiger charge is -2.21. The van der Waals surface area contributed by atoms with E-state index in [2.05, 4.69) is 12.1 Å². The normalized spacial score (nSPS) is 21.4. The van der Waals surface area contributed by atoms with E-state index in [1.165, 1.54) is 51.4 Å². The van der Waals surface area contributed by atoms with Crippen LogP contribution in [-0.2, 0) is 30.2 Å². The molecule has 3 fully saturated rings. The van der Waals surface area contributed by atoms with Crippen LogP contribution in [0.4, 0.5) is 0 Å². The number of sulfone groups is 2. The van der Waals surface area contributed by atoms with Crippen molar-refractivity contribution in [3.05, 3.63) is 168 Å². The molecule has 3 aliphatic carbocycles. The Labute approximate surface area is 323 Å². The van der Waals surface area contributed by atoms with E-state index < -0.39 is 24.4 Å². The zero-order valence-electron chi connectivity index (χ0n) is 31.1. The van der Waals surface area contributed by atoms with Gasteiger partial charge in [0.2, 0.25) is 0 Å². The highest BCUT2D eigenvalue weighted by atomic mass is 32.2. The fourth-order valence-corrected chi connectivity index (χ4v) is 12.8. The minimum atomic E-state index is -3.57. The van der Waals surface area contributed by atoms with Crippen molar-refractivity contribution in [3.63, 3.8) is 0 Å². The average molecular weight is 763 g/mol. The van der Waals surface area contributed by atoms with Crippen molar-refractivity contribution < 1.29 is 21.9 Å². The zero-order valence-corrected chi connectivity index (χ0v) is 32.8. The van der Waals surface area contributed by atoms with Crippen molar-refractivity contribution in [2.45, 2.75) is 90.4 Å². The first-order chi connectivity index (χ1) is 26.3. The largest absolute Gasteiger partial charge is 0.396 e. The van der Waals surface area contributed by atoms with Gasteiger partial charge in [-0.1, -0.05) is 179 Å². The van der Waals surface area contributed by atoms with Crippen LogP contribution in [0.1, 0.15) is 86.8 Å². The van der Waals surface area contributed by atoms with E-state index in [0.29, 0.717) is 22.3 Å². The van der Waals surface area contributed by atoms with Crippen molar-refractivity contribution in [1.82, 2.24) is 0 Å². The van der Waals surface area contributed by atoms with Crippen molar-refractivity contribution in [2.24, 2.45) is 17.8 Å². The molecule has 1 N–H and O–H groups in total. The van der Waals surface area contributed by atoms with Crippen LogP contribution in [0.2, 0.25) is 0 Å². The molecule has 5 nitrogen and oxygen atoms in total. The molecule has 0 radical (unpaired) electrons. The lowest BCUT2D eigenvalue weighted by Crippen LogP contribution is -2.25. The molecule has 0 spiro atoms. The lowest BCUT2D eigenvalue weighted by molar-refractivity contribution is 0.258. The molecule has 0 bridgehead atoms. The fraction of sp³-hybridized carbons (Fsp3) is 0.362. The smallest absolute Gasteiger partial charge is 0.189 e. The van der Waals surface area contributed by atoms with Gasteiger partial charge in [-0.05, 0) is 71.6 Å². The summed E-state index contributed by atoms with van der Waals surface area (Å²) in [6, 6.07) is 47.0. The predicted molar refractivity (Wildman–Crippen MR) is 218 cm³/mol. The van der Waals surface area contributed by atoms with Gasteiger partial charge in [-0.25, -0.2) is 16.8 Å².